The molecule has 0 radical (unpaired) electrons. The third-order valence-corrected chi connectivity index (χ3v) is 5.21. The second-order valence-corrected chi connectivity index (χ2v) is 7.71. The first kappa shape index (κ1) is 20.5. The summed E-state index contributed by atoms with van der Waals surface area (Å²) in [6.45, 7) is -0.736. The Morgan fingerprint density at radius 1 is 1.07 bits per heavy atom. The third-order valence-electron chi connectivity index (χ3n) is 3.40. The van der Waals surface area contributed by atoms with Crippen molar-refractivity contribution < 1.29 is 31.5 Å². The lowest BCUT2D eigenvalue weighted by molar-refractivity contribution is -0.119. The molecule has 0 saturated carbocycles. The van der Waals surface area contributed by atoms with Crippen molar-refractivity contribution in [2.75, 3.05) is 26.0 Å². The molecule has 0 aromatic heterocycles. The number of hydrogen-bond donors (Lipinski definition) is 1. The van der Waals surface area contributed by atoms with Crippen LogP contribution in [0.5, 0.6) is 0 Å². The fourth-order valence-electron chi connectivity index (χ4n) is 1.97. The second-order valence-electron chi connectivity index (χ2n) is 5.56. The quantitative estimate of drug-likeness (QED) is 0.752. The average molecular weight is 398 g/mol. The molecule has 27 heavy (non-hydrogen) atoms. The predicted molar refractivity (Wildman–Crippen MR) is 92.6 cm³/mol. The number of carbonyl (C=O) groups is 2. The fourth-order valence-corrected chi connectivity index (χ4v) is 2.90. The minimum atomic E-state index is -3.88. The van der Waals surface area contributed by atoms with Crippen molar-refractivity contribution in [3.63, 3.8) is 0 Å². The Labute approximate surface area is 154 Å². The zero-order valence-electron chi connectivity index (χ0n) is 14.4. The van der Waals surface area contributed by atoms with Crippen molar-refractivity contribution >= 4 is 27.6 Å². The molecular weight excluding hydrogens is 382 g/mol. The molecule has 1 N–H and O–H groups in total. The van der Waals surface area contributed by atoms with Gasteiger partial charge in [-0.3, -0.25) is 4.79 Å². The first-order valence-electron chi connectivity index (χ1n) is 7.56. The van der Waals surface area contributed by atoms with E-state index in [0.717, 1.165) is 34.6 Å². The number of hydrogen-bond acceptors (Lipinski definition) is 5. The molecule has 0 saturated heterocycles. The molecule has 0 aliphatic rings. The molecule has 0 aliphatic carbocycles. The number of anilines is 1. The van der Waals surface area contributed by atoms with Gasteiger partial charge in [0, 0.05) is 19.8 Å². The summed E-state index contributed by atoms with van der Waals surface area (Å²) >= 11 is 0. The Kier molecular flexibility index (Phi) is 6.24. The molecule has 2 aromatic rings. The van der Waals surface area contributed by atoms with E-state index in [0.29, 0.717) is 0 Å². The molecular formula is C17H16F2N2O5S. The Morgan fingerprint density at radius 2 is 1.70 bits per heavy atom. The van der Waals surface area contributed by atoms with Gasteiger partial charge in [-0.25, -0.2) is 26.3 Å². The van der Waals surface area contributed by atoms with Crippen LogP contribution in [0.15, 0.2) is 47.4 Å². The van der Waals surface area contributed by atoms with Crippen LogP contribution in [-0.4, -0.2) is 45.3 Å². The van der Waals surface area contributed by atoms with Gasteiger partial charge in [-0.15, -0.1) is 0 Å². The highest BCUT2D eigenvalue weighted by Crippen LogP contribution is 2.18. The Hall–Kier alpha value is -2.85. The number of esters is 1. The van der Waals surface area contributed by atoms with Crippen LogP contribution in [-0.2, 0) is 19.6 Å². The summed E-state index contributed by atoms with van der Waals surface area (Å²) in [5, 5.41) is 2.36. The van der Waals surface area contributed by atoms with Crippen molar-refractivity contribution in [1.82, 2.24) is 4.31 Å². The van der Waals surface area contributed by atoms with Crippen molar-refractivity contribution in [3.8, 4) is 0 Å². The molecule has 0 heterocycles. The minimum absolute atomic E-state index is 0.280. The van der Waals surface area contributed by atoms with Gasteiger partial charge >= 0.3 is 5.97 Å². The monoisotopic (exact) mass is 398 g/mol. The van der Waals surface area contributed by atoms with Gasteiger partial charge in [-0.2, -0.15) is 0 Å². The van der Waals surface area contributed by atoms with Crippen molar-refractivity contribution in [2.24, 2.45) is 0 Å². The predicted octanol–water partition coefficient (Wildman–Crippen LogP) is 2.01. The lowest BCUT2D eigenvalue weighted by Crippen LogP contribution is -2.23. The summed E-state index contributed by atoms with van der Waals surface area (Å²) in [5.74, 6) is -3.40. The number of nitrogens with zero attached hydrogens (tertiary/aromatic N) is 1. The van der Waals surface area contributed by atoms with Gasteiger partial charge < -0.3 is 10.1 Å². The fraction of sp³-hybridized carbons (Fsp3) is 0.176. The van der Waals surface area contributed by atoms with E-state index >= 15 is 0 Å². The molecule has 7 nitrogen and oxygen atoms in total. The maximum atomic E-state index is 13.9. The van der Waals surface area contributed by atoms with Crippen LogP contribution in [0.3, 0.4) is 0 Å². The van der Waals surface area contributed by atoms with Crippen molar-refractivity contribution in [3.05, 3.63) is 59.7 Å². The van der Waals surface area contributed by atoms with E-state index in [1.54, 1.807) is 0 Å². The highest BCUT2D eigenvalue weighted by molar-refractivity contribution is 7.89. The molecule has 2 rings (SSSR count). The molecule has 1 amide bonds. The van der Waals surface area contributed by atoms with E-state index < -0.39 is 45.7 Å². The van der Waals surface area contributed by atoms with E-state index in [4.69, 9.17) is 4.74 Å². The van der Waals surface area contributed by atoms with Crippen LogP contribution in [0.2, 0.25) is 0 Å². The van der Waals surface area contributed by atoms with E-state index in [2.05, 4.69) is 5.32 Å². The molecule has 2 aromatic carbocycles. The largest absolute Gasteiger partial charge is 0.452 e. The van der Waals surface area contributed by atoms with Crippen molar-refractivity contribution in [1.29, 1.82) is 0 Å². The number of ether oxygens (including phenoxy) is 1. The van der Waals surface area contributed by atoms with Gasteiger partial charge in [0.15, 0.2) is 6.61 Å². The summed E-state index contributed by atoms with van der Waals surface area (Å²) in [6.07, 6.45) is 0. The minimum Gasteiger partial charge on any atom is -0.452 e. The topological polar surface area (TPSA) is 92.8 Å². The van der Waals surface area contributed by atoms with Gasteiger partial charge in [0.1, 0.15) is 11.6 Å². The zero-order chi connectivity index (χ0) is 20.2. The van der Waals surface area contributed by atoms with Gasteiger partial charge in [0.25, 0.3) is 5.91 Å². The Morgan fingerprint density at radius 3 is 2.30 bits per heavy atom. The van der Waals surface area contributed by atoms with Crippen LogP contribution < -0.4 is 5.32 Å². The third kappa shape index (κ3) is 5.08. The molecule has 144 valence electrons. The SMILES string of the molecule is CN(C)S(=O)(=O)c1ccc(F)c(C(=O)OCC(=O)Nc2ccc(F)cc2)c1. The molecule has 0 spiro atoms. The number of rotatable bonds is 6. The maximum Gasteiger partial charge on any atom is 0.341 e. The standard InChI is InChI=1S/C17H16F2N2O5S/c1-21(2)27(24,25)13-7-8-15(19)14(9-13)17(23)26-10-16(22)20-12-5-3-11(18)4-6-12/h3-9H,10H2,1-2H3,(H,20,22). The Bertz CT molecular complexity index is 960. The van der Waals surface area contributed by atoms with Crippen LogP contribution >= 0.6 is 0 Å². The van der Waals surface area contributed by atoms with E-state index in [9.17, 15) is 26.8 Å². The summed E-state index contributed by atoms with van der Waals surface area (Å²) < 4.78 is 56.5. The van der Waals surface area contributed by atoms with Crippen LogP contribution in [0.4, 0.5) is 14.5 Å². The van der Waals surface area contributed by atoms with Crippen LogP contribution in [0.25, 0.3) is 0 Å². The second kappa shape index (κ2) is 8.23. The van der Waals surface area contributed by atoms with Gasteiger partial charge in [0.05, 0.1) is 10.5 Å². The average Bonchev–Trinajstić information content (AvgIpc) is 2.61. The molecule has 0 atom stereocenters. The number of amides is 1. The normalized spacial score (nSPS) is 11.3. The molecule has 0 aliphatic heterocycles. The molecule has 0 bridgehead atoms. The van der Waals surface area contributed by atoms with Crippen molar-refractivity contribution in [2.45, 2.75) is 4.90 Å². The molecule has 0 fully saturated rings. The maximum absolute atomic E-state index is 13.9. The van der Waals surface area contributed by atoms with E-state index in [1.165, 1.54) is 26.2 Å². The molecule has 10 heteroatoms. The summed E-state index contributed by atoms with van der Waals surface area (Å²) in [7, 11) is -1.30. The van der Waals surface area contributed by atoms with Crippen LogP contribution in [0.1, 0.15) is 10.4 Å². The van der Waals surface area contributed by atoms with E-state index in [-0.39, 0.29) is 10.6 Å². The number of nitrogens with one attached hydrogen (secondary N) is 1. The first-order chi connectivity index (χ1) is 12.6. The summed E-state index contributed by atoms with van der Waals surface area (Å²) in [5.41, 5.74) is -0.338. The van der Waals surface area contributed by atoms with Gasteiger partial charge in [-0.1, -0.05) is 0 Å². The summed E-state index contributed by atoms with van der Waals surface area (Å²) in [6, 6.07) is 7.56. The first-order valence-corrected chi connectivity index (χ1v) is 9.00. The van der Waals surface area contributed by atoms with Gasteiger partial charge in [0.2, 0.25) is 10.0 Å². The van der Waals surface area contributed by atoms with Crippen LogP contribution in [0, 0.1) is 11.6 Å². The van der Waals surface area contributed by atoms with E-state index in [1.807, 2.05) is 0 Å². The molecule has 0 unspecified atom stereocenters. The van der Waals surface area contributed by atoms with Gasteiger partial charge in [-0.05, 0) is 42.5 Å². The highest BCUT2D eigenvalue weighted by Gasteiger charge is 2.22. The highest BCUT2D eigenvalue weighted by atomic mass is 32.2. The smallest absolute Gasteiger partial charge is 0.341 e. The number of sulfonamides is 1. The number of benzene rings is 2. The lowest BCUT2D eigenvalue weighted by Gasteiger charge is -2.12. The number of carbonyl (C=O) groups excluding carboxylic acids is 2. The number of halogens is 2. The Balaban J connectivity index is 2.07. The lowest BCUT2D eigenvalue weighted by atomic mass is 10.2. The zero-order valence-corrected chi connectivity index (χ0v) is 15.2. The summed E-state index contributed by atoms with van der Waals surface area (Å²) in [4.78, 5) is 23.5.